The zero-order chi connectivity index (χ0) is 15.3. The zero-order valence-corrected chi connectivity index (χ0v) is 11.7. The molecule has 0 saturated heterocycles. The van der Waals surface area contributed by atoms with Crippen LogP contribution in [0, 0.1) is 5.41 Å². The number of hydrogen-bond acceptors (Lipinski definition) is 3. The van der Waals surface area contributed by atoms with Crippen molar-refractivity contribution < 1.29 is 26.3 Å². The Balaban J connectivity index is 4.26. The summed E-state index contributed by atoms with van der Waals surface area (Å²) in [7, 11) is -5.28. The first kappa shape index (κ1) is 18.0. The molecule has 0 spiro atoms. The minimum atomic E-state index is -5.29. The van der Waals surface area contributed by atoms with Crippen molar-refractivity contribution in [1.29, 1.82) is 0 Å². The molecule has 1 N–H and O–H groups in total. The lowest BCUT2D eigenvalue weighted by Crippen LogP contribution is -2.38. The SMILES string of the molecule is C=CC(=C)OCC(C)(C)CCNS(=O)(=O)C(F)(F)F. The topological polar surface area (TPSA) is 55.4 Å². The number of nitrogens with one attached hydrogen (secondary N) is 1. The van der Waals surface area contributed by atoms with Gasteiger partial charge in [0.05, 0.1) is 6.61 Å². The molecular formula is C11H18F3NO3S. The average molecular weight is 301 g/mol. The first-order valence-corrected chi connectivity index (χ1v) is 6.90. The van der Waals surface area contributed by atoms with Crippen molar-refractivity contribution in [2.45, 2.75) is 25.8 Å². The van der Waals surface area contributed by atoms with Crippen molar-refractivity contribution in [3.05, 3.63) is 25.0 Å². The third kappa shape index (κ3) is 6.63. The van der Waals surface area contributed by atoms with Crippen LogP contribution in [0.3, 0.4) is 0 Å². The minimum absolute atomic E-state index is 0.187. The maximum atomic E-state index is 12.1. The molecule has 0 heterocycles. The monoisotopic (exact) mass is 301 g/mol. The molecule has 19 heavy (non-hydrogen) atoms. The van der Waals surface area contributed by atoms with Gasteiger partial charge in [-0.1, -0.05) is 27.0 Å². The fourth-order valence-electron chi connectivity index (χ4n) is 1.02. The first-order valence-electron chi connectivity index (χ1n) is 5.41. The Morgan fingerprint density at radius 3 is 2.32 bits per heavy atom. The predicted molar refractivity (Wildman–Crippen MR) is 66.7 cm³/mol. The molecule has 0 aromatic carbocycles. The third-order valence-corrected chi connectivity index (χ3v) is 3.47. The van der Waals surface area contributed by atoms with E-state index in [1.807, 2.05) is 0 Å². The van der Waals surface area contributed by atoms with Crippen LogP contribution in [0.4, 0.5) is 13.2 Å². The van der Waals surface area contributed by atoms with Crippen molar-refractivity contribution in [2.75, 3.05) is 13.2 Å². The zero-order valence-electron chi connectivity index (χ0n) is 10.9. The molecule has 0 bridgehead atoms. The molecule has 0 rings (SSSR count). The number of allylic oxidation sites excluding steroid dienone is 1. The molecular weight excluding hydrogens is 283 g/mol. The largest absolute Gasteiger partial charge is 0.511 e. The van der Waals surface area contributed by atoms with Crippen LogP contribution < -0.4 is 4.72 Å². The summed E-state index contributed by atoms with van der Waals surface area (Å²) in [4.78, 5) is 0. The van der Waals surface area contributed by atoms with E-state index in [1.165, 1.54) is 10.8 Å². The molecule has 0 saturated carbocycles. The Bertz CT molecular complexity index is 427. The van der Waals surface area contributed by atoms with Crippen molar-refractivity contribution in [2.24, 2.45) is 5.41 Å². The smallest absolute Gasteiger partial charge is 0.494 e. The van der Waals surface area contributed by atoms with Gasteiger partial charge in [0.15, 0.2) is 0 Å². The van der Waals surface area contributed by atoms with Gasteiger partial charge >= 0.3 is 15.5 Å². The Morgan fingerprint density at radius 1 is 1.37 bits per heavy atom. The van der Waals surface area contributed by atoms with Gasteiger partial charge in [0, 0.05) is 12.0 Å². The van der Waals surface area contributed by atoms with Crippen LogP contribution in [0.15, 0.2) is 25.0 Å². The second kappa shape index (κ2) is 6.42. The molecule has 0 aliphatic carbocycles. The van der Waals surface area contributed by atoms with Gasteiger partial charge in [0.1, 0.15) is 5.76 Å². The van der Waals surface area contributed by atoms with E-state index in [0.717, 1.165) is 0 Å². The highest BCUT2D eigenvalue weighted by Crippen LogP contribution is 2.24. The summed E-state index contributed by atoms with van der Waals surface area (Å²) in [5, 5.41) is 0. The average Bonchev–Trinajstić information content (AvgIpc) is 2.23. The van der Waals surface area contributed by atoms with Gasteiger partial charge in [-0.25, -0.2) is 13.1 Å². The molecule has 4 nitrogen and oxygen atoms in total. The van der Waals surface area contributed by atoms with Gasteiger partial charge in [0.25, 0.3) is 0 Å². The number of alkyl halides is 3. The summed E-state index contributed by atoms with van der Waals surface area (Å²) < 4.78 is 64.4. The lowest BCUT2D eigenvalue weighted by atomic mass is 9.91. The Kier molecular flexibility index (Phi) is 6.08. The summed E-state index contributed by atoms with van der Waals surface area (Å²) in [6.45, 7) is 10.3. The van der Waals surface area contributed by atoms with E-state index in [1.54, 1.807) is 13.8 Å². The molecule has 0 aromatic heterocycles. The van der Waals surface area contributed by atoms with E-state index in [9.17, 15) is 21.6 Å². The van der Waals surface area contributed by atoms with E-state index in [-0.39, 0.29) is 19.6 Å². The Hall–Kier alpha value is -1.02. The van der Waals surface area contributed by atoms with Crippen LogP contribution in [0.25, 0.3) is 0 Å². The molecule has 0 atom stereocenters. The first-order chi connectivity index (χ1) is 8.41. The highest BCUT2D eigenvalue weighted by atomic mass is 32.2. The molecule has 8 heteroatoms. The Labute approximate surface area is 111 Å². The van der Waals surface area contributed by atoms with Gasteiger partial charge in [0.2, 0.25) is 0 Å². The van der Waals surface area contributed by atoms with Gasteiger partial charge in [-0.15, -0.1) is 0 Å². The molecule has 0 amide bonds. The highest BCUT2D eigenvalue weighted by molar-refractivity contribution is 7.90. The second-order valence-corrected chi connectivity index (χ2v) is 6.48. The molecule has 0 aromatic rings. The molecule has 0 radical (unpaired) electrons. The van der Waals surface area contributed by atoms with Gasteiger partial charge in [-0.2, -0.15) is 13.2 Å². The van der Waals surface area contributed by atoms with Crippen LogP contribution in [-0.2, 0) is 14.8 Å². The summed E-state index contributed by atoms with van der Waals surface area (Å²) in [6.07, 6.45) is 1.59. The van der Waals surface area contributed by atoms with E-state index in [0.29, 0.717) is 5.76 Å². The van der Waals surface area contributed by atoms with Crippen molar-refractivity contribution in [3.63, 3.8) is 0 Å². The van der Waals surface area contributed by atoms with E-state index in [4.69, 9.17) is 4.74 Å². The van der Waals surface area contributed by atoms with Crippen molar-refractivity contribution >= 4 is 10.0 Å². The highest BCUT2D eigenvalue weighted by Gasteiger charge is 2.45. The molecule has 112 valence electrons. The van der Waals surface area contributed by atoms with Gasteiger partial charge in [-0.05, 0) is 12.5 Å². The molecule has 0 aliphatic heterocycles. The van der Waals surface area contributed by atoms with Crippen LogP contribution in [-0.4, -0.2) is 27.1 Å². The maximum absolute atomic E-state index is 12.1. The normalized spacial score (nSPS) is 13.1. The minimum Gasteiger partial charge on any atom is -0.494 e. The number of rotatable bonds is 8. The standard InChI is InChI=1S/C11H18F3NO3S/c1-5-9(2)18-8-10(3,4)6-7-15-19(16,17)11(12,13)14/h5,15H,1-2,6-8H2,3-4H3. The lowest BCUT2D eigenvalue weighted by Gasteiger charge is -2.25. The number of hydrogen-bond donors (Lipinski definition) is 1. The molecule has 0 unspecified atom stereocenters. The van der Waals surface area contributed by atoms with Crippen molar-refractivity contribution in [3.8, 4) is 0 Å². The molecule has 0 fully saturated rings. The van der Waals surface area contributed by atoms with Crippen LogP contribution >= 0.6 is 0 Å². The van der Waals surface area contributed by atoms with E-state index in [2.05, 4.69) is 13.2 Å². The van der Waals surface area contributed by atoms with Crippen molar-refractivity contribution in [1.82, 2.24) is 4.72 Å². The van der Waals surface area contributed by atoms with Crippen LogP contribution in [0.1, 0.15) is 20.3 Å². The molecule has 0 aliphatic rings. The summed E-state index contributed by atoms with van der Waals surface area (Å²) in [5.74, 6) is 0.351. The summed E-state index contributed by atoms with van der Waals surface area (Å²) in [6, 6.07) is 0. The quantitative estimate of drug-likeness (QED) is 0.554. The summed E-state index contributed by atoms with van der Waals surface area (Å²) >= 11 is 0. The Morgan fingerprint density at radius 2 is 1.89 bits per heavy atom. The van der Waals surface area contributed by atoms with E-state index >= 15 is 0 Å². The van der Waals surface area contributed by atoms with Gasteiger partial charge < -0.3 is 4.74 Å². The maximum Gasteiger partial charge on any atom is 0.511 e. The predicted octanol–water partition coefficient (Wildman–Crippen LogP) is 2.56. The number of ether oxygens (including phenoxy) is 1. The lowest BCUT2D eigenvalue weighted by molar-refractivity contribution is -0.0448. The van der Waals surface area contributed by atoms with Crippen LogP contribution in [0.5, 0.6) is 0 Å². The summed E-state index contributed by atoms with van der Waals surface area (Å²) in [5.41, 5.74) is -5.79. The fraction of sp³-hybridized carbons (Fsp3) is 0.636. The number of halogens is 3. The third-order valence-electron chi connectivity index (χ3n) is 2.27. The van der Waals surface area contributed by atoms with Gasteiger partial charge in [-0.3, -0.25) is 0 Å². The second-order valence-electron chi connectivity index (χ2n) is 4.72. The fourth-order valence-corrected chi connectivity index (χ4v) is 1.56. The number of sulfonamides is 1. The van der Waals surface area contributed by atoms with E-state index < -0.39 is 20.9 Å². The van der Waals surface area contributed by atoms with Crippen LogP contribution in [0.2, 0.25) is 0 Å².